The number of aliphatic imine (C=N–C) groups is 1. The molecule has 0 radical (unpaired) electrons. The van der Waals surface area contributed by atoms with E-state index in [2.05, 4.69) is 31.1 Å². The Hall–Kier alpha value is -1.75. The summed E-state index contributed by atoms with van der Waals surface area (Å²) in [7, 11) is 0. The molecule has 5 nitrogen and oxygen atoms in total. The fourth-order valence-electron chi connectivity index (χ4n) is 1.34. The fraction of sp³-hybridized carbons (Fsp3) is 0.333. The molecular weight excluding hydrogens is 252 g/mol. The molecule has 1 aromatic carbocycles. The molecule has 0 spiro atoms. The summed E-state index contributed by atoms with van der Waals surface area (Å²) >= 11 is 6.09. The molecule has 0 bridgehead atoms. The van der Waals surface area contributed by atoms with Crippen molar-refractivity contribution in [3.8, 4) is 0 Å². The largest absolute Gasteiger partial charge is 0.370 e. The average molecular weight is 269 g/mol. The van der Waals surface area contributed by atoms with Crippen molar-refractivity contribution < 1.29 is 4.79 Å². The lowest BCUT2D eigenvalue weighted by Gasteiger charge is -2.20. The number of benzene rings is 1. The number of carbonyl (C=O) groups is 1. The van der Waals surface area contributed by atoms with Crippen LogP contribution in [-0.4, -0.2) is 12.0 Å². The van der Waals surface area contributed by atoms with Gasteiger partial charge in [-0.05, 0) is 23.1 Å². The van der Waals surface area contributed by atoms with E-state index in [0.29, 0.717) is 10.7 Å². The number of nitrogens with one attached hydrogen (secondary N) is 1. The lowest BCUT2D eigenvalue weighted by Crippen LogP contribution is -2.25. The molecule has 18 heavy (non-hydrogen) atoms. The molecular formula is C12H17ClN4O. The van der Waals surface area contributed by atoms with Gasteiger partial charge in [-0.2, -0.15) is 4.99 Å². The van der Waals surface area contributed by atoms with Crippen molar-refractivity contribution in [1.29, 1.82) is 0 Å². The van der Waals surface area contributed by atoms with Crippen LogP contribution in [0.2, 0.25) is 5.02 Å². The smallest absolute Gasteiger partial charge is 0.348 e. The molecule has 0 unspecified atom stereocenters. The molecule has 1 rings (SSSR count). The number of guanidine groups is 1. The lowest BCUT2D eigenvalue weighted by atomic mass is 9.87. The lowest BCUT2D eigenvalue weighted by molar-refractivity contribution is 0.259. The molecule has 0 aliphatic rings. The molecule has 0 aliphatic carbocycles. The van der Waals surface area contributed by atoms with E-state index in [0.717, 1.165) is 5.56 Å². The highest BCUT2D eigenvalue weighted by molar-refractivity contribution is 6.33. The van der Waals surface area contributed by atoms with Crippen molar-refractivity contribution in [2.75, 3.05) is 5.32 Å². The molecule has 2 amide bonds. The predicted molar refractivity (Wildman–Crippen MR) is 75.0 cm³/mol. The maximum absolute atomic E-state index is 11.3. The number of nitrogens with zero attached hydrogens (tertiary/aromatic N) is 1. The van der Waals surface area contributed by atoms with Crippen molar-refractivity contribution in [3.05, 3.63) is 28.8 Å². The van der Waals surface area contributed by atoms with E-state index in [1.54, 1.807) is 6.07 Å². The van der Waals surface area contributed by atoms with Crippen LogP contribution in [0.15, 0.2) is 23.2 Å². The van der Waals surface area contributed by atoms with Crippen LogP contribution in [0.25, 0.3) is 0 Å². The Morgan fingerprint density at radius 1 is 1.33 bits per heavy atom. The van der Waals surface area contributed by atoms with Crippen molar-refractivity contribution >= 4 is 29.3 Å². The summed E-state index contributed by atoms with van der Waals surface area (Å²) in [5.41, 5.74) is 11.7. The minimum atomic E-state index is -0.652. The van der Waals surface area contributed by atoms with Crippen LogP contribution in [0, 0.1) is 0 Å². The number of hydrogen-bond acceptors (Lipinski definition) is 1. The first-order valence-electron chi connectivity index (χ1n) is 5.41. The number of carbonyl (C=O) groups excluding carboxylic acids is 1. The minimum Gasteiger partial charge on any atom is -0.370 e. The normalized spacial score (nSPS) is 10.9. The van der Waals surface area contributed by atoms with Gasteiger partial charge in [0, 0.05) is 0 Å². The Labute approximate surface area is 111 Å². The van der Waals surface area contributed by atoms with Crippen LogP contribution in [0.3, 0.4) is 0 Å². The van der Waals surface area contributed by atoms with Gasteiger partial charge in [-0.1, -0.05) is 38.4 Å². The number of anilines is 1. The molecule has 98 valence electrons. The second-order valence-corrected chi connectivity index (χ2v) is 5.32. The van der Waals surface area contributed by atoms with Crippen LogP contribution in [0.1, 0.15) is 26.3 Å². The second kappa shape index (κ2) is 5.27. The third kappa shape index (κ3) is 3.92. The van der Waals surface area contributed by atoms with Gasteiger partial charge in [0.25, 0.3) is 0 Å². The van der Waals surface area contributed by atoms with Crippen molar-refractivity contribution in [3.63, 3.8) is 0 Å². The Balaban J connectivity index is 2.94. The third-order valence-corrected chi connectivity index (χ3v) is 2.62. The highest BCUT2D eigenvalue weighted by Crippen LogP contribution is 2.29. The zero-order valence-electron chi connectivity index (χ0n) is 10.6. The second-order valence-electron chi connectivity index (χ2n) is 4.91. The first-order valence-corrected chi connectivity index (χ1v) is 5.78. The van der Waals surface area contributed by atoms with E-state index in [1.807, 2.05) is 12.1 Å². The number of nitrogens with two attached hydrogens (primary N) is 2. The van der Waals surface area contributed by atoms with Gasteiger partial charge in [-0.3, -0.25) is 0 Å². The van der Waals surface area contributed by atoms with Gasteiger partial charge in [0.15, 0.2) is 5.96 Å². The molecule has 0 aromatic heterocycles. The summed E-state index contributed by atoms with van der Waals surface area (Å²) in [5, 5.41) is 2.95. The third-order valence-electron chi connectivity index (χ3n) is 2.31. The molecule has 0 atom stereocenters. The van der Waals surface area contributed by atoms with E-state index in [1.165, 1.54) is 0 Å². The van der Waals surface area contributed by atoms with E-state index in [9.17, 15) is 4.79 Å². The maximum Gasteiger partial charge on any atom is 0.348 e. The highest BCUT2D eigenvalue weighted by Gasteiger charge is 2.15. The van der Waals surface area contributed by atoms with Gasteiger partial charge in [-0.15, -0.1) is 0 Å². The maximum atomic E-state index is 11.3. The molecule has 1 aromatic rings. The Morgan fingerprint density at radius 3 is 2.39 bits per heavy atom. The molecule has 0 heterocycles. The van der Waals surface area contributed by atoms with Crippen LogP contribution in [0.5, 0.6) is 0 Å². The van der Waals surface area contributed by atoms with E-state index >= 15 is 0 Å². The quantitative estimate of drug-likeness (QED) is 0.539. The molecule has 5 N–H and O–H groups in total. The predicted octanol–water partition coefficient (Wildman–Crippen LogP) is 2.44. The number of urea groups is 1. The standard InChI is InChI=1S/C12H17ClN4O/c1-12(2,3)7-4-5-9(8(13)6-7)16-11(18)17-10(14)15/h4-6H,1-3H3,(H5,14,15,16,17,18). The average Bonchev–Trinajstić information content (AvgIpc) is 2.18. The van der Waals surface area contributed by atoms with E-state index in [4.69, 9.17) is 23.1 Å². The van der Waals surface area contributed by atoms with E-state index in [-0.39, 0.29) is 11.4 Å². The summed E-state index contributed by atoms with van der Waals surface area (Å²) in [6.45, 7) is 6.24. The fourth-order valence-corrected chi connectivity index (χ4v) is 1.57. The van der Waals surface area contributed by atoms with Gasteiger partial charge in [0.2, 0.25) is 0 Å². The number of hydrogen-bond donors (Lipinski definition) is 3. The van der Waals surface area contributed by atoms with Crippen molar-refractivity contribution in [2.45, 2.75) is 26.2 Å². The molecule has 0 aliphatic heterocycles. The molecule has 0 saturated heterocycles. The van der Waals surface area contributed by atoms with E-state index < -0.39 is 6.03 Å². The Kier molecular flexibility index (Phi) is 4.19. The summed E-state index contributed by atoms with van der Waals surface area (Å²) in [6.07, 6.45) is 0. The highest BCUT2D eigenvalue weighted by atomic mass is 35.5. The molecule has 0 saturated carbocycles. The number of rotatable bonds is 1. The Morgan fingerprint density at radius 2 is 1.94 bits per heavy atom. The van der Waals surface area contributed by atoms with Gasteiger partial charge in [0.05, 0.1) is 10.7 Å². The summed E-state index contributed by atoms with van der Waals surface area (Å²) in [4.78, 5) is 14.7. The topological polar surface area (TPSA) is 93.5 Å². The van der Waals surface area contributed by atoms with Crippen LogP contribution in [0.4, 0.5) is 10.5 Å². The van der Waals surface area contributed by atoms with Crippen LogP contribution < -0.4 is 16.8 Å². The molecule has 6 heteroatoms. The summed E-state index contributed by atoms with van der Waals surface area (Å²) in [5.74, 6) is -0.296. The zero-order valence-corrected chi connectivity index (χ0v) is 11.4. The summed E-state index contributed by atoms with van der Waals surface area (Å²) in [6, 6.07) is 4.78. The van der Waals surface area contributed by atoms with Crippen molar-refractivity contribution in [1.82, 2.24) is 0 Å². The van der Waals surface area contributed by atoms with Gasteiger partial charge >= 0.3 is 6.03 Å². The number of halogens is 1. The first-order chi connectivity index (χ1) is 8.20. The van der Waals surface area contributed by atoms with Gasteiger partial charge in [0.1, 0.15) is 0 Å². The first kappa shape index (κ1) is 14.3. The van der Waals surface area contributed by atoms with Crippen molar-refractivity contribution in [2.24, 2.45) is 16.5 Å². The molecule has 0 fully saturated rings. The SMILES string of the molecule is CC(C)(C)c1ccc(NC(=O)N=C(N)N)c(Cl)c1. The monoisotopic (exact) mass is 268 g/mol. The van der Waals surface area contributed by atoms with Crippen LogP contribution in [-0.2, 0) is 5.41 Å². The zero-order chi connectivity index (χ0) is 13.9. The summed E-state index contributed by atoms with van der Waals surface area (Å²) < 4.78 is 0. The minimum absolute atomic E-state index is 0.00792. The number of amides is 2. The van der Waals surface area contributed by atoms with Gasteiger partial charge < -0.3 is 16.8 Å². The van der Waals surface area contributed by atoms with Gasteiger partial charge in [-0.25, -0.2) is 4.79 Å². The van der Waals surface area contributed by atoms with Crippen LogP contribution >= 0.6 is 11.6 Å². The Bertz CT molecular complexity index is 487.